The average Bonchev–Trinajstić information content (AvgIpc) is 2.59. The molecule has 0 amide bonds. The molecule has 1 rings (SSSR count). The van der Waals surface area contributed by atoms with Gasteiger partial charge in [0.1, 0.15) is 0 Å². The van der Waals surface area contributed by atoms with Crippen molar-refractivity contribution in [2.24, 2.45) is 0 Å². The normalized spacial score (nSPS) is 12.3. The van der Waals surface area contributed by atoms with Gasteiger partial charge in [0, 0.05) is 23.7 Å². The fourth-order valence-electron chi connectivity index (χ4n) is 1.13. The summed E-state index contributed by atoms with van der Waals surface area (Å²) in [6.45, 7) is 2.66. The van der Waals surface area contributed by atoms with Gasteiger partial charge in [0.2, 0.25) is 0 Å². The molecular formula is C9H13N3OS. The highest BCUT2D eigenvalue weighted by molar-refractivity contribution is 7.07. The third-order valence-corrected chi connectivity index (χ3v) is 2.70. The minimum Gasteiger partial charge on any atom is -0.315 e. The van der Waals surface area contributed by atoms with Crippen molar-refractivity contribution in [2.45, 2.75) is 32.4 Å². The predicted molar refractivity (Wildman–Crippen MR) is 56.1 cm³/mol. The van der Waals surface area contributed by atoms with Gasteiger partial charge >= 0.3 is 4.87 Å². The second kappa shape index (κ2) is 5.58. The molecule has 0 spiro atoms. The number of nitriles is 1. The molecule has 0 radical (unpaired) electrons. The summed E-state index contributed by atoms with van der Waals surface area (Å²) in [6.07, 6.45) is 1.42. The Balaban J connectivity index is 2.39. The number of nitrogens with zero attached hydrogens (tertiary/aromatic N) is 1. The molecule has 1 unspecified atom stereocenters. The quantitative estimate of drug-likeness (QED) is 0.769. The smallest absolute Gasteiger partial charge is 0.304 e. The topological polar surface area (TPSA) is 68.7 Å². The second-order valence-electron chi connectivity index (χ2n) is 3.02. The first-order chi connectivity index (χ1) is 6.76. The Kier molecular flexibility index (Phi) is 4.36. The van der Waals surface area contributed by atoms with Crippen LogP contribution in [0.1, 0.15) is 25.5 Å². The lowest BCUT2D eigenvalue weighted by Crippen LogP contribution is -2.27. The van der Waals surface area contributed by atoms with E-state index in [9.17, 15) is 4.79 Å². The van der Waals surface area contributed by atoms with E-state index in [0.717, 1.165) is 23.5 Å². The molecule has 0 aliphatic carbocycles. The summed E-state index contributed by atoms with van der Waals surface area (Å²) in [7, 11) is 0. The lowest BCUT2D eigenvalue weighted by atomic mass is 10.1. The highest BCUT2D eigenvalue weighted by Gasteiger charge is 2.05. The molecule has 0 fully saturated rings. The zero-order valence-electron chi connectivity index (χ0n) is 8.04. The van der Waals surface area contributed by atoms with Crippen molar-refractivity contribution < 1.29 is 0 Å². The molecule has 1 heterocycles. The summed E-state index contributed by atoms with van der Waals surface area (Å²) in [4.78, 5) is 13.5. The van der Waals surface area contributed by atoms with Crippen LogP contribution in [-0.2, 0) is 6.54 Å². The van der Waals surface area contributed by atoms with Crippen LogP contribution < -0.4 is 10.2 Å². The standard InChI is InChI=1S/C9H13N3OS/c1-2-7(3-4-10)11-5-8-6-14-9(13)12-8/h6-7,11H,2-3,5H2,1H3,(H,12,13). The number of aromatic nitrogens is 1. The molecule has 0 bridgehead atoms. The van der Waals surface area contributed by atoms with Gasteiger partial charge in [-0.3, -0.25) is 4.79 Å². The first kappa shape index (κ1) is 11.0. The Morgan fingerprint density at radius 3 is 3.07 bits per heavy atom. The Morgan fingerprint density at radius 1 is 1.79 bits per heavy atom. The predicted octanol–water partition coefficient (Wildman–Crippen LogP) is 1.22. The first-order valence-electron chi connectivity index (χ1n) is 4.53. The van der Waals surface area contributed by atoms with Crippen LogP contribution in [-0.4, -0.2) is 11.0 Å². The van der Waals surface area contributed by atoms with Gasteiger partial charge in [-0.15, -0.1) is 0 Å². The van der Waals surface area contributed by atoms with Gasteiger partial charge in [-0.1, -0.05) is 18.3 Å². The molecule has 2 N–H and O–H groups in total. The lowest BCUT2D eigenvalue weighted by molar-refractivity contribution is 0.501. The maximum atomic E-state index is 10.8. The second-order valence-corrected chi connectivity index (χ2v) is 3.86. The van der Waals surface area contributed by atoms with Gasteiger partial charge < -0.3 is 10.3 Å². The Morgan fingerprint density at radius 2 is 2.57 bits per heavy atom. The minimum absolute atomic E-state index is 0.0323. The van der Waals surface area contributed by atoms with Crippen molar-refractivity contribution in [2.75, 3.05) is 0 Å². The van der Waals surface area contributed by atoms with E-state index in [1.165, 1.54) is 0 Å². The average molecular weight is 211 g/mol. The summed E-state index contributed by atoms with van der Waals surface area (Å²) in [5, 5.41) is 13.5. The van der Waals surface area contributed by atoms with Crippen LogP contribution >= 0.6 is 11.3 Å². The highest BCUT2D eigenvalue weighted by atomic mass is 32.1. The number of aromatic amines is 1. The Bertz CT molecular complexity index is 363. The van der Waals surface area contributed by atoms with E-state index in [1.54, 1.807) is 5.38 Å². The molecule has 1 aromatic heterocycles. The zero-order chi connectivity index (χ0) is 10.4. The molecule has 0 aliphatic rings. The SMILES string of the molecule is CCC(CC#N)NCc1csc(=O)[nH]1. The first-order valence-corrected chi connectivity index (χ1v) is 5.41. The van der Waals surface area contributed by atoms with Crippen LogP contribution in [0, 0.1) is 11.3 Å². The van der Waals surface area contributed by atoms with Gasteiger partial charge in [-0.2, -0.15) is 5.26 Å². The fraction of sp³-hybridized carbons (Fsp3) is 0.556. The monoisotopic (exact) mass is 211 g/mol. The number of H-pyrrole nitrogens is 1. The summed E-state index contributed by atoms with van der Waals surface area (Å²) >= 11 is 1.16. The molecule has 76 valence electrons. The number of hydrogen-bond donors (Lipinski definition) is 2. The number of hydrogen-bond acceptors (Lipinski definition) is 4. The maximum Gasteiger partial charge on any atom is 0.304 e. The van der Waals surface area contributed by atoms with E-state index in [1.807, 2.05) is 6.92 Å². The van der Waals surface area contributed by atoms with Crippen LogP contribution in [0.25, 0.3) is 0 Å². The van der Waals surface area contributed by atoms with Gasteiger partial charge in [-0.05, 0) is 6.42 Å². The summed E-state index contributed by atoms with van der Waals surface area (Å²) in [5.41, 5.74) is 0.886. The summed E-state index contributed by atoms with van der Waals surface area (Å²) in [5.74, 6) is 0. The van der Waals surface area contributed by atoms with Crippen molar-refractivity contribution in [3.05, 3.63) is 20.7 Å². The van der Waals surface area contributed by atoms with E-state index < -0.39 is 0 Å². The highest BCUT2D eigenvalue weighted by Crippen LogP contribution is 2.00. The fourth-order valence-corrected chi connectivity index (χ4v) is 1.71. The lowest BCUT2D eigenvalue weighted by Gasteiger charge is -2.11. The van der Waals surface area contributed by atoms with Gasteiger partial charge in [0.05, 0.1) is 12.5 Å². The number of rotatable bonds is 5. The third-order valence-electron chi connectivity index (χ3n) is 1.98. The van der Waals surface area contributed by atoms with Crippen LogP contribution in [0.3, 0.4) is 0 Å². The van der Waals surface area contributed by atoms with E-state index in [0.29, 0.717) is 13.0 Å². The van der Waals surface area contributed by atoms with E-state index in [2.05, 4.69) is 16.4 Å². The third kappa shape index (κ3) is 3.32. The minimum atomic E-state index is -0.0323. The van der Waals surface area contributed by atoms with Crippen molar-refractivity contribution in [3.63, 3.8) is 0 Å². The zero-order valence-corrected chi connectivity index (χ0v) is 8.86. The Hall–Kier alpha value is -1.12. The van der Waals surface area contributed by atoms with Crippen molar-refractivity contribution in [1.82, 2.24) is 10.3 Å². The van der Waals surface area contributed by atoms with Crippen LogP contribution in [0.4, 0.5) is 0 Å². The largest absolute Gasteiger partial charge is 0.315 e. The molecule has 1 aromatic rings. The molecule has 0 saturated carbocycles. The van der Waals surface area contributed by atoms with Crippen LogP contribution in [0.5, 0.6) is 0 Å². The molecule has 0 aliphatic heterocycles. The number of nitrogens with one attached hydrogen (secondary N) is 2. The number of thiazole rings is 1. The van der Waals surface area contributed by atoms with E-state index >= 15 is 0 Å². The van der Waals surface area contributed by atoms with Crippen molar-refractivity contribution >= 4 is 11.3 Å². The van der Waals surface area contributed by atoms with Crippen LogP contribution in [0.2, 0.25) is 0 Å². The van der Waals surface area contributed by atoms with Gasteiger partial charge in [0.25, 0.3) is 0 Å². The van der Waals surface area contributed by atoms with Crippen LogP contribution in [0.15, 0.2) is 10.2 Å². The van der Waals surface area contributed by atoms with Crippen molar-refractivity contribution in [1.29, 1.82) is 5.26 Å². The molecular weight excluding hydrogens is 198 g/mol. The molecule has 4 nitrogen and oxygen atoms in total. The maximum absolute atomic E-state index is 10.8. The summed E-state index contributed by atoms with van der Waals surface area (Å²) in [6, 6.07) is 2.34. The molecule has 1 atom stereocenters. The van der Waals surface area contributed by atoms with Gasteiger partial charge in [-0.25, -0.2) is 0 Å². The molecule has 14 heavy (non-hydrogen) atoms. The van der Waals surface area contributed by atoms with E-state index in [-0.39, 0.29) is 10.9 Å². The molecule has 0 aromatic carbocycles. The molecule has 0 saturated heterocycles. The summed E-state index contributed by atoms with van der Waals surface area (Å²) < 4.78 is 0. The Labute approximate surface area is 86.6 Å². The van der Waals surface area contributed by atoms with Gasteiger partial charge in [0.15, 0.2) is 0 Å². The van der Waals surface area contributed by atoms with E-state index in [4.69, 9.17) is 5.26 Å². The molecule has 5 heteroatoms. The van der Waals surface area contributed by atoms with Crippen molar-refractivity contribution in [3.8, 4) is 6.07 Å².